The predicted molar refractivity (Wildman–Crippen MR) is 83.0 cm³/mol. The van der Waals surface area contributed by atoms with Gasteiger partial charge in [-0.3, -0.25) is 0 Å². The second-order valence-corrected chi connectivity index (χ2v) is 5.31. The summed E-state index contributed by atoms with van der Waals surface area (Å²) in [7, 11) is 2.00. The summed E-state index contributed by atoms with van der Waals surface area (Å²) in [4.78, 5) is 0. The van der Waals surface area contributed by atoms with Crippen LogP contribution in [0.4, 0.5) is 0 Å². The van der Waals surface area contributed by atoms with Crippen molar-refractivity contribution in [3.05, 3.63) is 70.2 Å². The molecule has 0 spiro atoms. The topological polar surface area (TPSA) is 12.0 Å². The normalized spacial score (nSPS) is 12.4. The number of benzene rings is 2. The lowest BCUT2D eigenvalue weighted by Gasteiger charge is -2.20. The maximum atomic E-state index is 6.28. The lowest BCUT2D eigenvalue weighted by molar-refractivity contribution is 0.623. The van der Waals surface area contributed by atoms with Crippen LogP contribution in [0.3, 0.4) is 0 Å². The Balaban J connectivity index is 2.27. The van der Waals surface area contributed by atoms with Crippen molar-refractivity contribution < 1.29 is 0 Å². The fourth-order valence-corrected chi connectivity index (χ4v) is 2.73. The maximum Gasteiger partial charge on any atom is 0.0438 e. The number of rotatable bonds is 5. The zero-order valence-corrected chi connectivity index (χ0v) is 12.2. The van der Waals surface area contributed by atoms with Gasteiger partial charge in [-0.25, -0.2) is 0 Å². The molecule has 2 heteroatoms. The van der Waals surface area contributed by atoms with Gasteiger partial charge in [-0.2, -0.15) is 0 Å². The third kappa shape index (κ3) is 3.59. The van der Waals surface area contributed by atoms with E-state index >= 15 is 0 Å². The first-order valence-corrected chi connectivity index (χ1v) is 7.03. The average Bonchev–Trinajstić information content (AvgIpc) is 2.41. The fourth-order valence-electron chi connectivity index (χ4n) is 2.51. The van der Waals surface area contributed by atoms with Crippen molar-refractivity contribution in [3.8, 4) is 0 Å². The highest BCUT2D eigenvalue weighted by atomic mass is 35.5. The highest BCUT2D eigenvalue weighted by Gasteiger charge is 2.14. The molecule has 1 nitrogen and oxygen atoms in total. The van der Waals surface area contributed by atoms with Crippen molar-refractivity contribution in [2.45, 2.75) is 19.3 Å². The van der Waals surface area contributed by atoms with Crippen LogP contribution in [0.15, 0.2) is 48.5 Å². The van der Waals surface area contributed by atoms with Crippen LogP contribution in [0.25, 0.3) is 0 Å². The molecular weight excluding hydrogens is 254 g/mol. The van der Waals surface area contributed by atoms with Gasteiger partial charge in [-0.1, -0.05) is 54.1 Å². The SMILES string of the molecule is CNCC(Cc1ccccc1Cl)c1ccccc1C. The van der Waals surface area contributed by atoms with Gasteiger partial charge in [0.05, 0.1) is 0 Å². The Morgan fingerprint density at radius 3 is 2.42 bits per heavy atom. The minimum absolute atomic E-state index is 0.450. The number of hydrogen-bond acceptors (Lipinski definition) is 1. The van der Waals surface area contributed by atoms with E-state index < -0.39 is 0 Å². The smallest absolute Gasteiger partial charge is 0.0438 e. The summed E-state index contributed by atoms with van der Waals surface area (Å²) in [5.41, 5.74) is 3.96. The van der Waals surface area contributed by atoms with E-state index in [1.807, 2.05) is 19.2 Å². The predicted octanol–water partition coefficient (Wildman–Crippen LogP) is 4.19. The first-order valence-electron chi connectivity index (χ1n) is 6.66. The Morgan fingerprint density at radius 2 is 1.74 bits per heavy atom. The molecule has 0 aliphatic rings. The van der Waals surface area contributed by atoms with E-state index in [9.17, 15) is 0 Å². The summed E-state index contributed by atoms with van der Waals surface area (Å²) in [6.45, 7) is 3.13. The largest absolute Gasteiger partial charge is 0.319 e. The second-order valence-electron chi connectivity index (χ2n) is 4.91. The van der Waals surface area contributed by atoms with E-state index in [0.717, 1.165) is 18.0 Å². The summed E-state index contributed by atoms with van der Waals surface area (Å²) in [6.07, 6.45) is 0.964. The van der Waals surface area contributed by atoms with Crippen molar-refractivity contribution in [3.63, 3.8) is 0 Å². The third-order valence-corrected chi connectivity index (χ3v) is 3.87. The standard InChI is InChI=1S/C17H20ClN/c1-13-7-3-5-9-16(13)15(12-19-2)11-14-8-4-6-10-17(14)18/h3-10,15,19H,11-12H2,1-2H3. The molecule has 1 N–H and O–H groups in total. The van der Waals surface area contributed by atoms with Crippen LogP contribution in [0.2, 0.25) is 5.02 Å². The zero-order chi connectivity index (χ0) is 13.7. The van der Waals surface area contributed by atoms with Gasteiger partial charge in [0.2, 0.25) is 0 Å². The average molecular weight is 274 g/mol. The quantitative estimate of drug-likeness (QED) is 0.861. The van der Waals surface area contributed by atoms with Gasteiger partial charge in [0.25, 0.3) is 0 Å². The Kier molecular flexibility index (Phi) is 5.00. The molecular formula is C17H20ClN. The molecule has 1 unspecified atom stereocenters. The van der Waals surface area contributed by atoms with E-state index in [1.54, 1.807) is 0 Å². The van der Waals surface area contributed by atoms with Crippen molar-refractivity contribution >= 4 is 11.6 Å². The fraction of sp³-hybridized carbons (Fsp3) is 0.294. The number of halogens is 1. The summed E-state index contributed by atoms with van der Waals surface area (Å²) in [5.74, 6) is 0.450. The molecule has 0 aromatic heterocycles. The zero-order valence-electron chi connectivity index (χ0n) is 11.5. The van der Waals surface area contributed by atoms with Crippen LogP contribution in [0.1, 0.15) is 22.6 Å². The summed E-state index contributed by atoms with van der Waals surface area (Å²) < 4.78 is 0. The molecule has 100 valence electrons. The van der Waals surface area contributed by atoms with Crippen molar-refractivity contribution in [1.82, 2.24) is 5.32 Å². The lowest BCUT2D eigenvalue weighted by atomic mass is 9.89. The summed E-state index contributed by atoms with van der Waals surface area (Å²) in [5, 5.41) is 4.15. The maximum absolute atomic E-state index is 6.28. The van der Waals surface area contributed by atoms with E-state index in [0.29, 0.717) is 5.92 Å². The molecule has 0 saturated heterocycles. The van der Waals surface area contributed by atoms with E-state index in [4.69, 9.17) is 11.6 Å². The van der Waals surface area contributed by atoms with E-state index in [-0.39, 0.29) is 0 Å². The molecule has 2 aromatic rings. The number of aryl methyl sites for hydroxylation is 1. The molecule has 0 aliphatic heterocycles. The first-order chi connectivity index (χ1) is 9.22. The Bertz CT molecular complexity index is 536. The van der Waals surface area contributed by atoms with Gasteiger partial charge in [0.1, 0.15) is 0 Å². The minimum Gasteiger partial charge on any atom is -0.319 e. The molecule has 0 radical (unpaired) electrons. The van der Waals surface area contributed by atoms with Crippen LogP contribution < -0.4 is 5.32 Å². The van der Waals surface area contributed by atoms with Crippen LogP contribution in [-0.2, 0) is 6.42 Å². The van der Waals surface area contributed by atoms with Crippen LogP contribution in [0.5, 0.6) is 0 Å². The second kappa shape index (κ2) is 6.74. The molecule has 2 rings (SSSR count). The van der Waals surface area contributed by atoms with Gasteiger partial charge in [-0.15, -0.1) is 0 Å². The Hall–Kier alpha value is -1.31. The van der Waals surface area contributed by atoms with Crippen molar-refractivity contribution in [2.75, 3.05) is 13.6 Å². The highest BCUT2D eigenvalue weighted by Crippen LogP contribution is 2.26. The number of hydrogen-bond donors (Lipinski definition) is 1. The molecule has 0 amide bonds. The monoisotopic (exact) mass is 273 g/mol. The molecule has 0 fully saturated rings. The van der Waals surface area contributed by atoms with Gasteiger partial charge < -0.3 is 5.32 Å². The van der Waals surface area contributed by atoms with Crippen molar-refractivity contribution in [1.29, 1.82) is 0 Å². The Labute approximate surface area is 120 Å². The van der Waals surface area contributed by atoms with Crippen molar-refractivity contribution in [2.24, 2.45) is 0 Å². The Morgan fingerprint density at radius 1 is 1.05 bits per heavy atom. The summed E-state index contributed by atoms with van der Waals surface area (Å²) in [6, 6.07) is 16.7. The molecule has 0 bridgehead atoms. The third-order valence-electron chi connectivity index (χ3n) is 3.50. The van der Waals surface area contributed by atoms with Crippen LogP contribution in [-0.4, -0.2) is 13.6 Å². The van der Waals surface area contributed by atoms with Gasteiger partial charge in [-0.05, 0) is 43.1 Å². The molecule has 2 aromatic carbocycles. The molecule has 1 atom stereocenters. The minimum atomic E-state index is 0.450. The lowest BCUT2D eigenvalue weighted by Crippen LogP contribution is -2.20. The number of nitrogens with one attached hydrogen (secondary N) is 1. The molecule has 0 saturated carbocycles. The molecule has 0 aliphatic carbocycles. The van der Waals surface area contributed by atoms with Crippen LogP contribution in [0, 0.1) is 6.92 Å². The highest BCUT2D eigenvalue weighted by molar-refractivity contribution is 6.31. The van der Waals surface area contributed by atoms with E-state index in [1.165, 1.54) is 16.7 Å². The van der Waals surface area contributed by atoms with Crippen LogP contribution >= 0.6 is 11.6 Å². The van der Waals surface area contributed by atoms with E-state index in [2.05, 4.69) is 48.6 Å². The number of likely N-dealkylation sites (N-methyl/N-ethyl adjacent to an activating group) is 1. The summed E-state index contributed by atoms with van der Waals surface area (Å²) >= 11 is 6.28. The van der Waals surface area contributed by atoms with Gasteiger partial charge in [0.15, 0.2) is 0 Å². The molecule has 0 heterocycles. The van der Waals surface area contributed by atoms with Gasteiger partial charge in [0, 0.05) is 17.5 Å². The molecule has 19 heavy (non-hydrogen) atoms. The van der Waals surface area contributed by atoms with Gasteiger partial charge >= 0.3 is 0 Å². The first kappa shape index (κ1) is 14.1.